The Balaban J connectivity index is 0.000000296. The lowest BCUT2D eigenvalue weighted by Crippen LogP contribution is -2.44. The molecule has 1 aromatic heterocycles. The summed E-state index contributed by atoms with van der Waals surface area (Å²) in [5.74, 6) is 1.72. The summed E-state index contributed by atoms with van der Waals surface area (Å²) in [7, 11) is 3.63. The first-order chi connectivity index (χ1) is 19.8. The van der Waals surface area contributed by atoms with E-state index in [1.54, 1.807) is 28.3 Å². The normalized spacial score (nSPS) is 16.6. The molecule has 0 aliphatic carbocycles. The summed E-state index contributed by atoms with van der Waals surface area (Å²) >= 11 is 8.92. The minimum atomic E-state index is -0.723. The van der Waals surface area contributed by atoms with Crippen molar-refractivity contribution >= 4 is 47.3 Å². The Hall–Kier alpha value is -2.99. The number of aromatic hydroxyl groups is 1. The Kier molecular flexibility index (Phi) is 11.1. The summed E-state index contributed by atoms with van der Waals surface area (Å²) in [6, 6.07) is 15.3. The summed E-state index contributed by atoms with van der Waals surface area (Å²) < 4.78 is 6.92. The maximum Gasteiger partial charge on any atom is 0.315 e. The lowest BCUT2D eigenvalue weighted by molar-refractivity contribution is -0.105. The predicted molar refractivity (Wildman–Crippen MR) is 163 cm³/mol. The van der Waals surface area contributed by atoms with Crippen molar-refractivity contribution in [2.45, 2.75) is 35.2 Å². The second-order valence-corrected chi connectivity index (χ2v) is 12.1. The number of aromatic nitrogens is 2. The van der Waals surface area contributed by atoms with E-state index in [-0.39, 0.29) is 17.6 Å². The van der Waals surface area contributed by atoms with E-state index in [0.717, 1.165) is 41.2 Å². The maximum absolute atomic E-state index is 13.1. The Morgan fingerprint density at radius 3 is 2.51 bits per heavy atom. The molecule has 5 rings (SSSR count). The number of ether oxygens (including phenoxy) is 1. The topological polar surface area (TPSA) is 105 Å². The van der Waals surface area contributed by atoms with E-state index < -0.39 is 11.3 Å². The fourth-order valence-electron chi connectivity index (χ4n) is 4.81. The fourth-order valence-corrected chi connectivity index (χ4v) is 6.62. The Morgan fingerprint density at radius 1 is 1.10 bits per heavy atom. The van der Waals surface area contributed by atoms with Gasteiger partial charge in [0, 0.05) is 35.2 Å². The van der Waals surface area contributed by atoms with Crippen molar-refractivity contribution in [2.24, 2.45) is 0 Å². The van der Waals surface area contributed by atoms with Crippen LogP contribution in [-0.4, -0.2) is 81.9 Å². The second-order valence-electron chi connectivity index (χ2n) is 9.49. The molecule has 1 unspecified atom stereocenters. The van der Waals surface area contributed by atoms with Gasteiger partial charge >= 0.3 is 5.56 Å². The lowest BCUT2D eigenvalue weighted by Gasteiger charge is -2.33. The standard InChI is InChI=1S/C21H26N4O4S.C8H7ClOS/c1-23-9-3-4-16(23)19-22-20(27)18(26)17-21(28)24(10-11-25(17)19)12-13-30-15-7-5-14(29-2)6-8-15;9-7-3-1-2-4-8(7)11-6-5-10/h5-8,16,26H,3-4,9-13H2,1-2H3;1-5H,6H2. The van der Waals surface area contributed by atoms with Crippen molar-refractivity contribution in [3.05, 3.63) is 75.4 Å². The Bertz CT molecular complexity index is 1420. The van der Waals surface area contributed by atoms with Crippen LogP contribution >= 0.6 is 35.1 Å². The molecule has 2 aliphatic heterocycles. The van der Waals surface area contributed by atoms with E-state index in [1.807, 2.05) is 55.6 Å². The highest BCUT2D eigenvalue weighted by molar-refractivity contribution is 8.00. The van der Waals surface area contributed by atoms with Crippen LogP contribution in [0.15, 0.2) is 63.1 Å². The molecule has 1 fully saturated rings. The number of hydrogen-bond donors (Lipinski definition) is 1. The highest BCUT2D eigenvalue weighted by atomic mass is 35.5. The average molecular weight is 617 g/mol. The number of methoxy groups -OCH3 is 1. The Morgan fingerprint density at radius 2 is 1.85 bits per heavy atom. The molecule has 41 heavy (non-hydrogen) atoms. The van der Waals surface area contributed by atoms with E-state index in [9.17, 15) is 19.5 Å². The molecule has 3 aromatic rings. The highest BCUT2D eigenvalue weighted by Crippen LogP contribution is 2.32. The lowest BCUT2D eigenvalue weighted by atomic mass is 10.1. The van der Waals surface area contributed by atoms with E-state index in [1.165, 1.54) is 11.8 Å². The first-order valence-corrected chi connectivity index (χ1v) is 15.6. The van der Waals surface area contributed by atoms with Gasteiger partial charge in [-0.25, -0.2) is 0 Å². The molecule has 0 spiro atoms. The smallest absolute Gasteiger partial charge is 0.315 e. The van der Waals surface area contributed by atoms with Crippen LogP contribution in [-0.2, 0) is 11.3 Å². The number of halogens is 1. The molecule has 1 N–H and O–H groups in total. The van der Waals surface area contributed by atoms with Crippen LogP contribution in [0.3, 0.4) is 0 Å². The molecule has 2 aromatic carbocycles. The molecule has 1 amide bonds. The quantitative estimate of drug-likeness (QED) is 0.273. The summed E-state index contributed by atoms with van der Waals surface area (Å²) in [5, 5.41) is 11.1. The van der Waals surface area contributed by atoms with Crippen molar-refractivity contribution in [2.75, 3.05) is 45.3 Å². The van der Waals surface area contributed by atoms with Gasteiger partial charge in [0.2, 0.25) is 5.75 Å². The number of rotatable bonds is 9. The number of likely N-dealkylation sites (tertiary alicyclic amines) is 1. The maximum atomic E-state index is 13.1. The van der Waals surface area contributed by atoms with Crippen molar-refractivity contribution in [1.29, 1.82) is 0 Å². The molecule has 0 bridgehead atoms. The first kappa shape index (κ1) is 31.0. The second kappa shape index (κ2) is 14.8. The molecular weight excluding hydrogens is 584 g/mol. The number of aldehydes is 1. The summed E-state index contributed by atoms with van der Waals surface area (Å²) in [5.41, 5.74) is -0.648. The van der Waals surface area contributed by atoms with Crippen LogP contribution in [0.4, 0.5) is 0 Å². The van der Waals surface area contributed by atoms with Crippen LogP contribution in [0.5, 0.6) is 11.5 Å². The third-order valence-corrected chi connectivity index (χ3v) is 9.33. The predicted octanol–water partition coefficient (Wildman–Crippen LogP) is 4.60. The number of carbonyl (C=O) groups is 2. The van der Waals surface area contributed by atoms with Gasteiger partial charge in [-0.15, -0.1) is 23.5 Å². The van der Waals surface area contributed by atoms with E-state index >= 15 is 0 Å². The van der Waals surface area contributed by atoms with Gasteiger partial charge in [-0.2, -0.15) is 4.98 Å². The molecule has 218 valence electrons. The monoisotopic (exact) mass is 616 g/mol. The number of thioether (sulfide) groups is 2. The molecule has 1 saturated heterocycles. The van der Waals surface area contributed by atoms with Crippen LogP contribution in [0, 0.1) is 0 Å². The zero-order chi connectivity index (χ0) is 29.4. The number of hydrogen-bond acceptors (Lipinski definition) is 9. The van der Waals surface area contributed by atoms with Crippen LogP contribution in [0.2, 0.25) is 5.02 Å². The molecule has 1 atom stereocenters. The van der Waals surface area contributed by atoms with E-state index in [0.29, 0.717) is 42.0 Å². The fraction of sp³-hybridized carbons (Fsp3) is 0.379. The van der Waals surface area contributed by atoms with Crippen LogP contribution in [0.1, 0.15) is 35.2 Å². The number of benzene rings is 2. The van der Waals surface area contributed by atoms with Crippen molar-refractivity contribution in [3.8, 4) is 11.5 Å². The zero-order valence-corrected chi connectivity index (χ0v) is 25.4. The average Bonchev–Trinajstić information content (AvgIpc) is 3.41. The van der Waals surface area contributed by atoms with Gasteiger partial charge in [-0.3, -0.25) is 14.5 Å². The van der Waals surface area contributed by atoms with Gasteiger partial charge in [0.05, 0.1) is 23.9 Å². The first-order valence-electron chi connectivity index (χ1n) is 13.2. The summed E-state index contributed by atoms with van der Waals surface area (Å²) in [6.45, 7) is 2.51. The molecular formula is C29H33ClN4O5S2. The van der Waals surface area contributed by atoms with E-state index in [2.05, 4.69) is 9.88 Å². The third-order valence-electron chi connectivity index (χ3n) is 6.92. The highest BCUT2D eigenvalue weighted by Gasteiger charge is 2.35. The van der Waals surface area contributed by atoms with E-state index in [4.69, 9.17) is 16.3 Å². The van der Waals surface area contributed by atoms with Gasteiger partial charge in [0.1, 0.15) is 17.9 Å². The molecule has 2 aliphatic rings. The molecule has 3 heterocycles. The molecule has 12 heteroatoms. The van der Waals surface area contributed by atoms with Crippen LogP contribution < -0.4 is 10.3 Å². The minimum absolute atomic E-state index is 0.00188. The summed E-state index contributed by atoms with van der Waals surface area (Å²) in [6.07, 6.45) is 2.79. The number of carbonyl (C=O) groups excluding carboxylic acids is 2. The molecule has 0 saturated carbocycles. The SMILES string of the molecule is COc1ccc(SCCN2CCn3c(C4CCCN4C)nc(=O)c(O)c3C2=O)cc1.O=CCSc1ccccc1Cl. The third kappa shape index (κ3) is 7.65. The van der Waals surface area contributed by atoms with Gasteiger partial charge in [0.25, 0.3) is 5.91 Å². The van der Waals surface area contributed by atoms with Crippen molar-refractivity contribution in [3.63, 3.8) is 0 Å². The van der Waals surface area contributed by atoms with Gasteiger partial charge in [-0.05, 0) is 62.8 Å². The van der Waals surface area contributed by atoms with Gasteiger partial charge in [-0.1, -0.05) is 23.7 Å². The minimum Gasteiger partial charge on any atom is -0.501 e. The van der Waals surface area contributed by atoms with Gasteiger partial charge < -0.3 is 24.1 Å². The van der Waals surface area contributed by atoms with Gasteiger partial charge in [0.15, 0.2) is 5.69 Å². The van der Waals surface area contributed by atoms with Crippen molar-refractivity contribution in [1.82, 2.24) is 19.4 Å². The number of nitrogens with zero attached hydrogens (tertiary/aromatic N) is 4. The summed E-state index contributed by atoms with van der Waals surface area (Å²) in [4.78, 5) is 45.5. The zero-order valence-electron chi connectivity index (χ0n) is 23.0. The Labute approximate surface area is 252 Å². The van der Waals surface area contributed by atoms with Crippen LogP contribution in [0.25, 0.3) is 0 Å². The molecule has 9 nitrogen and oxygen atoms in total. The largest absolute Gasteiger partial charge is 0.501 e. The molecule has 0 radical (unpaired) electrons. The number of amides is 1. The van der Waals surface area contributed by atoms with Crippen molar-refractivity contribution < 1.29 is 19.4 Å². The number of fused-ring (bicyclic) bond motifs is 1.